The molecule has 4 aliphatic rings. The van der Waals surface area contributed by atoms with Crippen LogP contribution in [0.15, 0.2) is 0 Å². The number of rotatable bonds is 17. The zero-order valence-electron chi connectivity index (χ0n) is 32.1. The number of aliphatic hydroxyl groups excluding tert-OH is 1. The summed E-state index contributed by atoms with van der Waals surface area (Å²) in [5.41, 5.74) is -1.26. The monoisotopic (exact) mass is 705 g/mol. The van der Waals surface area contributed by atoms with Gasteiger partial charge in [-0.25, -0.2) is 8.42 Å². The molecule has 1 amide bonds. The summed E-state index contributed by atoms with van der Waals surface area (Å²) in [7, 11) is -3.45. The molecule has 3 aliphatic carbocycles. The van der Waals surface area contributed by atoms with Crippen LogP contribution in [0.3, 0.4) is 0 Å². The molecule has 49 heavy (non-hydrogen) atoms. The normalized spacial score (nSPS) is 26.8. The number of fused-ring (bicyclic) bond motifs is 1. The lowest BCUT2D eigenvalue weighted by atomic mass is 9.70. The van der Waals surface area contributed by atoms with Gasteiger partial charge in [0.2, 0.25) is 5.91 Å². The number of amides is 1. The van der Waals surface area contributed by atoms with Crippen molar-refractivity contribution in [1.82, 2.24) is 4.90 Å². The van der Waals surface area contributed by atoms with Gasteiger partial charge in [0.25, 0.3) is 0 Å². The first kappa shape index (κ1) is 40.2. The summed E-state index contributed by atoms with van der Waals surface area (Å²) in [6.07, 6.45) is 7.96. The summed E-state index contributed by atoms with van der Waals surface area (Å²) in [6.45, 7) is 17.8. The zero-order chi connectivity index (χ0) is 36.7. The van der Waals surface area contributed by atoms with Crippen molar-refractivity contribution in [3.63, 3.8) is 0 Å². The fourth-order valence-electron chi connectivity index (χ4n) is 9.07. The third-order valence-electron chi connectivity index (χ3n) is 12.9. The summed E-state index contributed by atoms with van der Waals surface area (Å²) in [6, 6.07) is -0.635. The minimum Gasteiger partial charge on any atom is -0.385 e. The van der Waals surface area contributed by atoms with Gasteiger partial charge in [0.05, 0.1) is 16.5 Å². The predicted molar refractivity (Wildman–Crippen MR) is 193 cm³/mol. The average Bonchev–Trinajstić information content (AvgIpc) is 3.83. The first-order valence-corrected chi connectivity index (χ1v) is 21.0. The van der Waals surface area contributed by atoms with Crippen molar-refractivity contribution in [2.24, 2.45) is 45.8 Å². The number of ketones is 3. The molecule has 0 aromatic rings. The molecule has 0 aromatic heterocycles. The molecule has 1 saturated heterocycles. The lowest BCUT2D eigenvalue weighted by Crippen LogP contribution is -2.51. The van der Waals surface area contributed by atoms with Crippen LogP contribution in [0.5, 0.6) is 0 Å². The predicted octanol–water partition coefficient (Wildman–Crippen LogP) is 7.14. The zero-order valence-corrected chi connectivity index (χ0v) is 32.9. The van der Waals surface area contributed by atoms with Gasteiger partial charge in [-0.2, -0.15) is 0 Å². The summed E-state index contributed by atoms with van der Waals surface area (Å²) in [5, 5.41) is 11.1. The minimum atomic E-state index is -3.45. The van der Waals surface area contributed by atoms with Gasteiger partial charge >= 0.3 is 0 Å². The fourth-order valence-corrected chi connectivity index (χ4v) is 10.7. The van der Waals surface area contributed by atoms with E-state index in [4.69, 9.17) is 0 Å². The van der Waals surface area contributed by atoms with Crippen molar-refractivity contribution >= 4 is 33.1 Å². The molecule has 1 aliphatic heterocycles. The second-order valence-corrected chi connectivity index (χ2v) is 22.0. The largest absolute Gasteiger partial charge is 0.385 e. The SMILES string of the molecule is CCCC[C@H](CC(=O)[C@@H]1[C@@H]2[C@H](CN1C(=O)[C@@H](CC(=O)CC1(CS(=O)(=O)C(C)(C)C)CCCCC1)C(C)(C)C)C2(C)C)[C@H](O)C(=O)CC1CC1. The molecule has 4 rings (SSSR count). The number of carbonyl (C=O) groups is 4. The highest BCUT2D eigenvalue weighted by Crippen LogP contribution is 2.65. The molecule has 0 spiro atoms. The summed E-state index contributed by atoms with van der Waals surface area (Å²) in [5.74, 6) is -1.10. The van der Waals surface area contributed by atoms with Crippen molar-refractivity contribution in [2.45, 2.75) is 169 Å². The number of Topliss-reactive ketones (excluding diaryl/α,β-unsaturated/α-hetero) is 3. The number of piperidine rings is 1. The molecule has 9 heteroatoms. The Kier molecular flexibility index (Phi) is 12.1. The first-order chi connectivity index (χ1) is 22.5. The Balaban J connectivity index is 1.54. The van der Waals surface area contributed by atoms with E-state index in [2.05, 4.69) is 20.8 Å². The van der Waals surface area contributed by atoms with Crippen molar-refractivity contribution in [3.05, 3.63) is 0 Å². The molecule has 0 bridgehead atoms. The lowest BCUT2D eigenvalue weighted by molar-refractivity contribution is -0.148. The van der Waals surface area contributed by atoms with E-state index in [-0.39, 0.29) is 65.5 Å². The number of hydrogen-bond acceptors (Lipinski definition) is 7. The van der Waals surface area contributed by atoms with Crippen molar-refractivity contribution in [3.8, 4) is 0 Å². The van der Waals surface area contributed by atoms with E-state index in [9.17, 15) is 32.7 Å². The summed E-state index contributed by atoms with van der Waals surface area (Å²) in [4.78, 5) is 57.6. The Labute approximate surface area is 297 Å². The second-order valence-electron chi connectivity index (χ2n) is 19.3. The van der Waals surface area contributed by atoms with Crippen molar-refractivity contribution in [1.29, 1.82) is 0 Å². The first-order valence-electron chi connectivity index (χ1n) is 19.3. The number of unbranched alkanes of at least 4 members (excludes halogenated alkanes) is 1. The van der Waals surface area contributed by atoms with Crippen molar-refractivity contribution in [2.75, 3.05) is 12.3 Å². The molecule has 0 unspecified atom stereocenters. The molecule has 8 nitrogen and oxygen atoms in total. The van der Waals surface area contributed by atoms with Gasteiger partial charge in [-0.3, -0.25) is 19.2 Å². The van der Waals surface area contributed by atoms with E-state index < -0.39 is 49.4 Å². The molecule has 0 aromatic carbocycles. The van der Waals surface area contributed by atoms with E-state index in [0.717, 1.165) is 44.9 Å². The van der Waals surface area contributed by atoms with Gasteiger partial charge < -0.3 is 10.0 Å². The van der Waals surface area contributed by atoms with Gasteiger partial charge in [0.15, 0.2) is 21.4 Å². The van der Waals surface area contributed by atoms with E-state index in [1.54, 1.807) is 25.7 Å². The highest BCUT2D eigenvalue weighted by Gasteiger charge is 2.69. The summed E-state index contributed by atoms with van der Waals surface area (Å²) >= 11 is 0. The molecule has 6 atom stereocenters. The van der Waals surface area contributed by atoms with Gasteiger partial charge in [-0.15, -0.1) is 0 Å². The quantitative estimate of drug-likeness (QED) is 0.171. The third-order valence-corrected chi connectivity index (χ3v) is 15.7. The standard InChI is InChI=1S/C40H67NO7S/c1-10-11-15-27(35(45)32(44)20-26-16-17-26)21-31(43)34-33-30(39(33,8)9)24-41(34)36(46)29(37(2,3)4)22-28(42)23-40(18-13-12-14-19-40)25-49(47,48)38(5,6)7/h26-27,29-30,33-35,45H,10-25H2,1-9H3/t27-,29-,30+,33+,34-,35+/m1/s1. The van der Waals surface area contributed by atoms with E-state index in [1.165, 1.54) is 0 Å². The number of hydrogen-bond donors (Lipinski definition) is 1. The Morgan fingerprint density at radius 3 is 2.08 bits per heavy atom. The van der Waals surface area contributed by atoms with Gasteiger partial charge in [-0.05, 0) is 92.8 Å². The van der Waals surface area contributed by atoms with Crippen LogP contribution in [0.25, 0.3) is 0 Å². The number of nitrogens with zero attached hydrogens (tertiary/aromatic N) is 1. The Hall–Kier alpha value is -1.61. The van der Waals surface area contributed by atoms with Crippen LogP contribution in [-0.2, 0) is 29.0 Å². The van der Waals surface area contributed by atoms with Gasteiger partial charge in [0, 0.05) is 38.1 Å². The van der Waals surface area contributed by atoms with Gasteiger partial charge in [-0.1, -0.05) is 73.6 Å². The smallest absolute Gasteiger partial charge is 0.227 e. The van der Waals surface area contributed by atoms with E-state index in [0.29, 0.717) is 38.1 Å². The van der Waals surface area contributed by atoms with E-state index >= 15 is 0 Å². The molecule has 280 valence electrons. The number of aliphatic hydroxyl groups is 1. The maximum atomic E-state index is 14.6. The minimum absolute atomic E-state index is 0.0134. The highest BCUT2D eigenvalue weighted by atomic mass is 32.2. The van der Waals surface area contributed by atoms with Crippen LogP contribution >= 0.6 is 0 Å². The van der Waals surface area contributed by atoms with Crippen LogP contribution in [-0.4, -0.2) is 70.9 Å². The molecule has 1 N–H and O–H groups in total. The topological polar surface area (TPSA) is 126 Å². The third kappa shape index (κ3) is 9.25. The van der Waals surface area contributed by atoms with Crippen LogP contribution in [0.1, 0.15) is 152 Å². The van der Waals surface area contributed by atoms with Crippen LogP contribution in [0, 0.1) is 45.8 Å². The van der Waals surface area contributed by atoms with Crippen molar-refractivity contribution < 1.29 is 32.7 Å². The summed E-state index contributed by atoms with van der Waals surface area (Å²) < 4.78 is 25.9. The number of likely N-dealkylation sites (tertiary alicyclic amines) is 1. The number of carbonyl (C=O) groups excluding carboxylic acids is 4. The molecule has 1 heterocycles. The van der Waals surface area contributed by atoms with Crippen LogP contribution in [0.4, 0.5) is 0 Å². The lowest BCUT2D eigenvalue weighted by Gasteiger charge is -2.40. The maximum Gasteiger partial charge on any atom is 0.227 e. The highest BCUT2D eigenvalue weighted by molar-refractivity contribution is 7.92. The molecule has 4 fully saturated rings. The Morgan fingerprint density at radius 2 is 1.55 bits per heavy atom. The Bertz CT molecular complexity index is 1340. The second kappa shape index (κ2) is 14.8. The fraction of sp³-hybridized carbons (Fsp3) is 0.900. The number of sulfone groups is 1. The molecule has 0 radical (unpaired) electrons. The van der Waals surface area contributed by atoms with Gasteiger partial charge in [0.1, 0.15) is 11.9 Å². The van der Waals surface area contributed by atoms with Crippen LogP contribution < -0.4 is 0 Å². The van der Waals surface area contributed by atoms with Crippen LogP contribution in [0.2, 0.25) is 0 Å². The molecule has 3 saturated carbocycles. The molecular formula is C40H67NO7S. The Morgan fingerprint density at radius 1 is 0.939 bits per heavy atom. The average molecular weight is 706 g/mol. The van der Waals surface area contributed by atoms with E-state index in [1.807, 2.05) is 20.8 Å². The maximum absolute atomic E-state index is 14.6. The molecular weight excluding hydrogens is 639 g/mol.